The van der Waals surface area contributed by atoms with Gasteiger partial charge in [-0.25, -0.2) is 4.79 Å². The maximum absolute atomic E-state index is 10.1. The first-order valence-electron chi connectivity index (χ1n) is 2.72. The number of nitrogens with zero attached hydrogens (tertiary/aromatic N) is 1. The Morgan fingerprint density at radius 3 is 2.64 bits per heavy atom. The minimum Gasteiger partial charge on any atom is -0.369 e. The van der Waals surface area contributed by atoms with Gasteiger partial charge in [0.25, 0.3) is 0 Å². The highest BCUT2D eigenvalue weighted by Gasteiger charge is 1.90. The molecule has 60 valence electrons. The number of nitrogens with one attached hydrogen (secondary N) is 2. The van der Waals surface area contributed by atoms with Crippen LogP contribution in [0.5, 0.6) is 0 Å². The third kappa shape index (κ3) is 5.98. The van der Waals surface area contributed by atoms with Crippen molar-refractivity contribution in [2.24, 2.45) is 16.5 Å². The number of guanidine groups is 1. The van der Waals surface area contributed by atoms with E-state index in [0.717, 1.165) is 0 Å². The average molecular weight is 155 g/mol. The van der Waals surface area contributed by atoms with Crippen molar-refractivity contribution < 1.29 is 4.79 Å². The second-order valence-corrected chi connectivity index (χ2v) is 1.52. The average Bonchev–Trinajstić information content (AvgIpc) is 1.87. The molecule has 0 aliphatic heterocycles. The molecule has 11 heavy (non-hydrogen) atoms. The Morgan fingerprint density at radius 1 is 1.55 bits per heavy atom. The van der Waals surface area contributed by atoms with Crippen LogP contribution in [0.1, 0.15) is 0 Å². The molecule has 6 heteroatoms. The quantitative estimate of drug-likeness (QED) is 0.162. The summed E-state index contributed by atoms with van der Waals surface area (Å²) in [6.45, 7) is 0.104. The second kappa shape index (κ2) is 4.93. The predicted molar refractivity (Wildman–Crippen MR) is 41.2 cm³/mol. The highest BCUT2D eigenvalue weighted by Crippen LogP contribution is 1.60. The lowest BCUT2D eigenvalue weighted by Gasteiger charge is -2.02. The van der Waals surface area contributed by atoms with E-state index in [1.54, 1.807) is 0 Å². The molecule has 0 atom stereocenters. The number of hydrogen-bond donors (Lipinski definition) is 4. The Balaban J connectivity index is 3.48. The maximum Gasteiger partial charge on any atom is 0.313 e. The van der Waals surface area contributed by atoms with Crippen molar-refractivity contribution in [3.8, 4) is 12.5 Å². The molecule has 6 nitrogen and oxygen atoms in total. The zero-order chi connectivity index (χ0) is 8.69. The zero-order valence-electron chi connectivity index (χ0n) is 5.79. The molecular formula is C5H9N5O. The van der Waals surface area contributed by atoms with Crippen LogP contribution in [0, 0.1) is 12.5 Å². The number of rotatable bonds is 2. The molecule has 0 heterocycles. The van der Waals surface area contributed by atoms with Gasteiger partial charge in [0.1, 0.15) is 0 Å². The smallest absolute Gasteiger partial charge is 0.313 e. The van der Waals surface area contributed by atoms with Gasteiger partial charge in [0.2, 0.25) is 5.96 Å². The number of nitrogens with two attached hydrogens (primary N) is 2. The van der Waals surface area contributed by atoms with E-state index in [2.05, 4.69) is 15.6 Å². The monoisotopic (exact) mass is 155 g/mol. The lowest BCUT2D eigenvalue weighted by molar-refractivity contribution is 0.249. The molecule has 0 spiro atoms. The molecule has 0 aromatic rings. The van der Waals surface area contributed by atoms with Crippen molar-refractivity contribution in [1.29, 1.82) is 0 Å². The molecule has 0 saturated heterocycles. The predicted octanol–water partition coefficient (Wildman–Crippen LogP) is -1.89. The summed E-state index contributed by atoms with van der Waals surface area (Å²) < 4.78 is 0. The van der Waals surface area contributed by atoms with Crippen LogP contribution in [0.15, 0.2) is 4.99 Å². The zero-order valence-corrected chi connectivity index (χ0v) is 5.79. The molecule has 2 amide bonds. The van der Waals surface area contributed by atoms with E-state index in [1.807, 2.05) is 6.04 Å². The van der Waals surface area contributed by atoms with E-state index in [0.29, 0.717) is 0 Å². The summed E-state index contributed by atoms with van der Waals surface area (Å²) in [6.07, 6.45) is 4.79. The number of hydrogen-bond acceptors (Lipinski definition) is 2. The topological polar surface area (TPSA) is 106 Å². The van der Waals surface area contributed by atoms with Crippen LogP contribution >= 0.6 is 0 Å². The van der Waals surface area contributed by atoms with Crippen molar-refractivity contribution in [2.45, 2.75) is 0 Å². The first-order valence-corrected chi connectivity index (χ1v) is 2.72. The third-order valence-electron chi connectivity index (χ3n) is 0.717. The molecular weight excluding hydrogens is 146 g/mol. The molecule has 0 rings (SSSR count). The molecule has 0 saturated carbocycles. The standard InChI is InChI=1S/C5H9N5O/c1-2-8-4(6)9-3-10-5(7)11/h1H,3H2,(H3,6,8,9)(H3,7,10,11). The van der Waals surface area contributed by atoms with Crippen LogP contribution in [0.25, 0.3) is 0 Å². The van der Waals surface area contributed by atoms with Crippen molar-refractivity contribution in [3.05, 3.63) is 0 Å². The van der Waals surface area contributed by atoms with Crippen molar-refractivity contribution in [1.82, 2.24) is 10.6 Å². The van der Waals surface area contributed by atoms with Gasteiger partial charge < -0.3 is 22.1 Å². The van der Waals surface area contributed by atoms with E-state index in [9.17, 15) is 4.79 Å². The first kappa shape index (κ1) is 9.10. The van der Waals surface area contributed by atoms with Crippen LogP contribution in [0.2, 0.25) is 0 Å². The summed E-state index contributed by atoms with van der Waals surface area (Å²) in [7, 11) is 0. The SMILES string of the molecule is C#CN=C(N)NCNC(N)=O. The number of terminal acetylenes is 1. The molecule has 0 aliphatic rings. The highest BCUT2D eigenvalue weighted by molar-refractivity contribution is 5.79. The minimum atomic E-state index is -0.647. The van der Waals surface area contributed by atoms with E-state index in [1.165, 1.54) is 0 Å². The summed E-state index contributed by atoms with van der Waals surface area (Å²) >= 11 is 0. The number of aliphatic imine (C=N–C) groups is 1. The van der Waals surface area contributed by atoms with Crippen LogP contribution in [-0.4, -0.2) is 18.7 Å². The summed E-state index contributed by atoms with van der Waals surface area (Å²) in [6, 6.07) is 1.31. The lowest BCUT2D eigenvalue weighted by atomic mass is 10.8. The van der Waals surface area contributed by atoms with Crippen molar-refractivity contribution in [3.63, 3.8) is 0 Å². The number of primary amides is 1. The molecule has 0 aromatic carbocycles. The van der Waals surface area contributed by atoms with Gasteiger partial charge in [-0.15, -0.1) is 0 Å². The summed E-state index contributed by atoms with van der Waals surface area (Å²) in [4.78, 5) is 13.4. The third-order valence-corrected chi connectivity index (χ3v) is 0.717. The van der Waals surface area contributed by atoms with E-state index >= 15 is 0 Å². The van der Waals surface area contributed by atoms with Gasteiger partial charge in [-0.2, -0.15) is 4.99 Å². The van der Waals surface area contributed by atoms with Crippen molar-refractivity contribution in [2.75, 3.05) is 6.67 Å². The number of amides is 2. The second-order valence-electron chi connectivity index (χ2n) is 1.52. The molecule has 0 unspecified atom stereocenters. The van der Waals surface area contributed by atoms with Gasteiger partial charge in [0.05, 0.1) is 6.67 Å². The van der Waals surface area contributed by atoms with Crippen molar-refractivity contribution >= 4 is 12.0 Å². The summed E-state index contributed by atoms with van der Waals surface area (Å²) in [5.74, 6) is 0.0567. The largest absolute Gasteiger partial charge is 0.369 e. The van der Waals surface area contributed by atoms with E-state index in [4.69, 9.17) is 17.9 Å². The van der Waals surface area contributed by atoms with Crippen LogP contribution in [0.4, 0.5) is 4.79 Å². The molecule has 6 N–H and O–H groups in total. The number of carbonyl (C=O) groups is 1. The summed E-state index contributed by atoms with van der Waals surface area (Å²) in [5.41, 5.74) is 9.92. The highest BCUT2D eigenvalue weighted by atomic mass is 16.2. The van der Waals surface area contributed by atoms with Crippen LogP contribution in [0.3, 0.4) is 0 Å². The van der Waals surface area contributed by atoms with E-state index < -0.39 is 6.03 Å². The summed E-state index contributed by atoms with van der Waals surface area (Å²) in [5, 5.41) is 4.72. The molecule has 0 bridgehead atoms. The Labute approximate surface area is 64.0 Å². The fourth-order valence-electron chi connectivity index (χ4n) is 0.331. The fourth-order valence-corrected chi connectivity index (χ4v) is 0.331. The Morgan fingerprint density at radius 2 is 2.18 bits per heavy atom. The number of urea groups is 1. The lowest BCUT2D eigenvalue weighted by Crippen LogP contribution is -2.42. The van der Waals surface area contributed by atoms with Gasteiger partial charge in [-0.3, -0.25) is 0 Å². The normalized spacial score (nSPS) is 9.91. The Kier molecular flexibility index (Phi) is 4.08. The van der Waals surface area contributed by atoms with Gasteiger partial charge in [-0.05, 0) is 0 Å². The number of carbonyl (C=O) groups excluding carboxylic acids is 1. The molecule has 0 aromatic heterocycles. The molecule has 0 aliphatic carbocycles. The van der Waals surface area contributed by atoms with Gasteiger partial charge in [-0.1, -0.05) is 6.42 Å². The fraction of sp³-hybridized carbons (Fsp3) is 0.200. The maximum atomic E-state index is 10.1. The molecule has 0 radical (unpaired) electrons. The Hall–Kier alpha value is -1.90. The van der Waals surface area contributed by atoms with E-state index in [-0.39, 0.29) is 12.6 Å². The van der Waals surface area contributed by atoms with Gasteiger partial charge in [0, 0.05) is 6.04 Å². The molecule has 0 fully saturated rings. The van der Waals surface area contributed by atoms with Crippen LogP contribution < -0.4 is 22.1 Å². The Bertz CT molecular complexity index is 203. The van der Waals surface area contributed by atoms with Crippen LogP contribution in [-0.2, 0) is 0 Å². The first-order chi connectivity index (χ1) is 5.16. The minimum absolute atomic E-state index is 0.0567. The van der Waals surface area contributed by atoms with Gasteiger partial charge >= 0.3 is 6.03 Å². The van der Waals surface area contributed by atoms with Gasteiger partial charge in [0.15, 0.2) is 0 Å².